The van der Waals surface area contributed by atoms with Crippen molar-refractivity contribution in [1.29, 1.82) is 0 Å². The van der Waals surface area contributed by atoms with Gasteiger partial charge in [-0.25, -0.2) is 0 Å². The van der Waals surface area contributed by atoms with E-state index in [4.69, 9.17) is 5.11 Å². The quantitative estimate of drug-likeness (QED) is 0.755. The Morgan fingerprint density at radius 2 is 2.04 bits per heavy atom. The monoisotopic (exact) mass is 358 g/mol. The van der Waals surface area contributed by atoms with Gasteiger partial charge in [-0.05, 0) is 31.6 Å². The van der Waals surface area contributed by atoms with Crippen LogP contribution in [0.3, 0.4) is 0 Å². The van der Waals surface area contributed by atoms with Crippen LogP contribution in [0.15, 0.2) is 30.3 Å². The van der Waals surface area contributed by atoms with Gasteiger partial charge in [0.15, 0.2) is 5.82 Å². The summed E-state index contributed by atoms with van der Waals surface area (Å²) >= 11 is 1.38. The van der Waals surface area contributed by atoms with E-state index in [9.17, 15) is 4.79 Å². The minimum absolute atomic E-state index is 0.158. The van der Waals surface area contributed by atoms with Crippen LogP contribution in [0.25, 0.3) is 11.4 Å². The molecule has 2 aliphatic carbocycles. The summed E-state index contributed by atoms with van der Waals surface area (Å²) in [6.07, 6.45) is 4.44. The molecule has 6 nitrogen and oxygen atoms in total. The van der Waals surface area contributed by atoms with Crippen LogP contribution in [-0.4, -0.2) is 50.5 Å². The van der Waals surface area contributed by atoms with Gasteiger partial charge in [0.1, 0.15) is 0 Å². The molecule has 2 fully saturated rings. The van der Waals surface area contributed by atoms with Crippen molar-refractivity contribution in [2.75, 3.05) is 18.4 Å². The molecule has 0 spiro atoms. The minimum atomic E-state index is -0.728. The number of hydrogen-bond acceptors (Lipinski definition) is 6. The fourth-order valence-corrected chi connectivity index (χ4v) is 3.98. The lowest BCUT2D eigenvalue weighted by atomic mass is 9.85. The van der Waals surface area contributed by atoms with Gasteiger partial charge in [0.25, 0.3) is 0 Å². The highest BCUT2D eigenvalue weighted by molar-refractivity contribution is 7.09. The molecule has 0 saturated heterocycles. The van der Waals surface area contributed by atoms with Crippen molar-refractivity contribution in [2.45, 2.75) is 37.8 Å². The number of anilines is 1. The molecule has 1 heterocycles. The van der Waals surface area contributed by atoms with Crippen LogP contribution in [0.4, 0.5) is 5.13 Å². The van der Waals surface area contributed by atoms with E-state index in [2.05, 4.69) is 19.6 Å². The maximum atomic E-state index is 11.1. The zero-order valence-electron chi connectivity index (χ0n) is 14.0. The third-order valence-electron chi connectivity index (χ3n) is 4.94. The molecule has 25 heavy (non-hydrogen) atoms. The molecule has 4 rings (SSSR count). The highest BCUT2D eigenvalue weighted by Gasteiger charge is 2.37. The van der Waals surface area contributed by atoms with Gasteiger partial charge in [-0.2, -0.15) is 9.36 Å². The summed E-state index contributed by atoms with van der Waals surface area (Å²) in [4.78, 5) is 17.8. The Morgan fingerprint density at radius 1 is 1.28 bits per heavy atom. The Balaban J connectivity index is 1.30. The standard InChI is InChI=1S/C18H22N4O2S/c23-16(24)11-22(10-12-6-7-12)15-8-14(9-15)19-18-20-17(21-25-18)13-4-2-1-3-5-13/h1-5,12,14-15H,6-11H2,(H,23,24)(H,19,20,21). The molecule has 0 bridgehead atoms. The zero-order valence-corrected chi connectivity index (χ0v) is 14.8. The largest absolute Gasteiger partial charge is 0.480 e. The van der Waals surface area contributed by atoms with E-state index in [1.54, 1.807) is 0 Å². The number of aliphatic carboxylic acids is 1. The summed E-state index contributed by atoms with van der Waals surface area (Å²) in [5.41, 5.74) is 1.02. The van der Waals surface area contributed by atoms with Gasteiger partial charge in [0, 0.05) is 35.7 Å². The number of benzene rings is 1. The van der Waals surface area contributed by atoms with Crippen LogP contribution in [0, 0.1) is 5.92 Å². The van der Waals surface area contributed by atoms with Gasteiger partial charge in [-0.1, -0.05) is 30.3 Å². The van der Waals surface area contributed by atoms with Crippen LogP contribution in [0.5, 0.6) is 0 Å². The maximum Gasteiger partial charge on any atom is 0.317 e. The van der Waals surface area contributed by atoms with Gasteiger partial charge in [-0.15, -0.1) is 0 Å². The molecule has 132 valence electrons. The van der Waals surface area contributed by atoms with Crippen LogP contribution >= 0.6 is 11.5 Å². The molecule has 2 N–H and O–H groups in total. The van der Waals surface area contributed by atoms with E-state index in [1.165, 1.54) is 24.4 Å². The number of aromatic nitrogens is 2. The second kappa shape index (κ2) is 7.09. The average molecular weight is 358 g/mol. The number of carbonyl (C=O) groups is 1. The number of nitrogens with one attached hydrogen (secondary N) is 1. The first-order valence-electron chi connectivity index (χ1n) is 8.79. The second-order valence-electron chi connectivity index (χ2n) is 7.02. The first kappa shape index (κ1) is 16.5. The Labute approximate surface area is 151 Å². The van der Waals surface area contributed by atoms with Crippen molar-refractivity contribution in [2.24, 2.45) is 5.92 Å². The molecule has 1 aromatic carbocycles. The number of rotatable bonds is 8. The van der Waals surface area contributed by atoms with E-state index in [0.29, 0.717) is 18.0 Å². The third-order valence-corrected chi connectivity index (χ3v) is 5.59. The number of carboxylic acid groups (broad SMARTS) is 1. The van der Waals surface area contributed by atoms with Crippen molar-refractivity contribution >= 4 is 22.6 Å². The Bertz CT molecular complexity index is 726. The van der Waals surface area contributed by atoms with Crippen LogP contribution in [0.1, 0.15) is 25.7 Å². The maximum absolute atomic E-state index is 11.1. The van der Waals surface area contributed by atoms with E-state index in [1.807, 2.05) is 30.3 Å². The first-order chi connectivity index (χ1) is 12.2. The summed E-state index contributed by atoms with van der Waals surface area (Å²) in [5, 5.41) is 13.4. The predicted molar refractivity (Wildman–Crippen MR) is 97.7 cm³/mol. The van der Waals surface area contributed by atoms with Crippen molar-refractivity contribution in [3.63, 3.8) is 0 Å². The number of hydrogen-bond donors (Lipinski definition) is 2. The number of carboxylic acids is 1. The normalized spacial score (nSPS) is 22.6. The van der Waals surface area contributed by atoms with Gasteiger partial charge < -0.3 is 10.4 Å². The summed E-state index contributed by atoms with van der Waals surface area (Å²) in [5.74, 6) is 0.738. The minimum Gasteiger partial charge on any atom is -0.480 e. The molecular formula is C18H22N4O2S. The van der Waals surface area contributed by atoms with Crippen molar-refractivity contribution < 1.29 is 9.90 Å². The molecule has 0 unspecified atom stereocenters. The smallest absolute Gasteiger partial charge is 0.317 e. The van der Waals surface area contributed by atoms with E-state index < -0.39 is 5.97 Å². The molecule has 7 heteroatoms. The summed E-state index contributed by atoms with van der Waals surface area (Å²) in [6.45, 7) is 1.09. The molecule has 0 atom stereocenters. The first-order valence-corrected chi connectivity index (χ1v) is 9.56. The predicted octanol–water partition coefficient (Wildman–Crippen LogP) is 2.94. The fourth-order valence-electron chi connectivity index (χ4n) is 3.31. The Kier molecular flexibility index (Phi) is 4.67. The molecule has 0 amide bonds. The topological polar surface area (TPSA) is 78.4 Å². The molecule has 1 aromatic heterocycles. The van der Waals surface area contributed by atoms with E-state index >= 15 is 0 Å². The van der Waals surface area contributed by atoms with Crippen LogP contribution in [-0.2, 0) is 4.79 Å². The number of nitrogens with zero attached hydrogens (tertiary/aromatic N) is 3. The Morgan fingerprint density at radius 3 is 2.72 bits per heavy atom. The average Bonchev–Trinajstić information content (AvgIpc) is 3.25. The highest BCUT2D eigenvalue weighted by Crippen LogP contribution is 2.35. The molecule has 2 aliphatic rings. The van der Waals surface area contributed by atoms with Crippen molar-refractivity contribution in [3.8, 4) is 11.4 Å². The summed E-state index contributed by atoms with van der Waals surface area (Å²) < 4.78 is 4.42. The molecule has 2 aromatic rings. The SMILES string of the molecule is O=C(O)CN(CC1CC1)C1CC(Nc2nc(-c3ccccc3)ns2)C1. The molecule has 2 saturated carbocycles. The summed E-state index contributed by atoms with van der Waals surface area (Å²) in [7, 11) is 0. The van der Waals surface area contributed by atoms with Crippen molar-refractivity contribution in [1.82, 2.24) is 14.3 Å². The lowest BCUT2D eigenvalue weighted by Gasteiger charge is -2.42. The molecule has 0 aliphatic heterocycles. The van der Waals surface area contributed by atoms with Crippen molar-refractivity contribution in [3.05, 3.63) is 30.3 Å². The van der Waals surface area contributed by atoms with Gasteiger partial charge in [0.2, 0.25) is 5.13 Å². The highest BCUT2D eigenvalue weighted by atomic mass is 32.1. The van der Waals surface area contributed by atoms with Crippen LogP contribution < -0.4 is 5.32 Å². The second-order valence-corrected chi connectivity index (χ2v) is 7.77. The molecule has 0 radical (unpaired) electrons. The Hall–Kier alpha value is -1.99. The molecular weight excluding hydrogens is 336 g/mol. The summed E-state index contributed by atoms with van der Waals surface area (Å²) in [6, 6.07) is 10.7. The lowest BCUT2D eigenvalue weighted by Crippen LogP contribution is -2.52. The van der Waals surface area contributed by atoms with Gasteiger partial charge >= 0.3 is 5.97 Å². The van der Waals surface area contributed by atoms with Gasteiger partial charge in [-0.3, -0.25) is 9.69 Å². The lowest BCUT2D eigenvalue weighted by molar-refractivity contribution is -0.139. The van der Waals surface area contributed by atoms with E-state index in [-0.39, 0.29) is 6.54 Å². The van der Waals surface area contributed by atoms with Crippen LogP contribution in [0.2, 0.25) is 0 Å². The van der Waals surface area contributed by atoms with E-state index in [0.717, 1.165) is 35.9 Å². The zero-order chi connectivity index (χ0) is 17.2. The van der Waals surface area contributed by atoms with Gasteiger partial charge in [0.05, 0.1) is 6.54 Å². The third kappa shape index (κ3) is 4.16. The fraction of sp³-hybridized carbons (Fsp3) is 0.500.